The van der Waals surface area contributed by atoms with Crippen molar-refractivity contribution in [3.63, 3.8) is 0 Å². The van der Waals surface area contributed by atoms with Crippen LogP contribution in [0.3, 0.4) is 0 Å². The van der Waals surface area contributed by atoms with E-state index in [1.54, 1.807) is 11.0 Å². The summed E-state index contributed by atoms with van der Waals surface area (Å²) in [6.45, 7) is 3.49. The third-order valence-electron chi connectivity index (χ3n) is 3.52. The van der Waals surface area contributed by atoms with Crippen LogP contribution in [-0.4, -0.2) is 38.9 Å². The molecule has 2 rings (SSSR count). The summed E-state index contributed by atoms with van der Waals surface area (Å²) in [4.78, 5) is 13.4. The molecule has 0 saturated carbocycles. The molecule has 1 fully saturated rings. The maximum absolute atomic E-state index is 12.1. The van der Waals surface area contributed by atoms with Gasteiger partial charge in [0.25, 0.3) is 0 Å². The fraction of sp³-hybridized carbons (Fsp3) is 0.500. The van der Waals surface area contributed by atoms with Crippen LogP contribution in [0.4, 0.5) is 0 Å². The highest BCUT2D eigenvalue weighted by atomic mass is 35.5. The Morgan fingerprint density at radius 2 is 2.14 bits per heavy atom. The van der Waals surface area contributed by atoms with Gasteiger partial charge in [0.2, 0.25) is 15.9 Å². The molecule has 0 spiro atoms. The first-order valence-corrected chi connectivity index (χ1v) is 8.80. The zero-order chi connectivity index (χ0) is 15.5. The molecular weight excluding hydrogens is 312 g/mol. The summed E-state index contributed by atoms with van der Waals surface area (Å²) in [5.41, 5.74) is 0.836. The zero-order valence-corrected chi connectivity index (χ0v) is 13.5. The highest BCUT2D eigenvalue weighted by Gasteiger charge is 2.20. The predicted octanol–water partition coefficient (Wildman–Crippen LogP) is 1.94. The Morgan fingerprint density at radius 1 is 1.38 bits per heavy atom. The Bertz CT molecular complexity index is 631. The molecule has 1 aromatic carbocycles. The van der Waals surface area contributed by atoms with E-state index in [1.807, 2.05) is 6.92 Å². The number of likely N-dealkylation sites (tertiary alicyclic amines) is 1. The van der Waals surface area contributed by atoms with Crippen molar-refractivity contribution in [1.29, 1.82) is 0 Å². The van der Waals surface area contributed by atoms with Crippen LogP contribution < -0.4 is 4.72 Å². The SMILES string of the molecule is Cc1ccc(S(=O)(=O)NCCCN2CCCC2=O)cc1Cl. The summed E-state index contributed by atoms with van der Waals surface area (Å²) >= 11 is 5.95. The molecule has 1 aromatic rings. The second kappa shape index (κ2) is 6.77. The third-order valence-corrected chi connectivity index (χ3v) is 5.39. The lowest BCUT2D eigenvalue weighted by molar-refractivity contribution is -0.127. The summed E-state index contributed by atoms with van der Waals surface area (Å²) in [7, 11) is -3.55. The molecule has 0 aromatic heterocycles. The van der Waals surface area contributed by atoms with Gasteiger partial charge in [0.1, 0.15) is 0 Å². The van der Waals surface area contributed by atoms with Crippen molar-refractivity contribution >= 4 is 27.5 Å². The van der Waals surface area contributed by atoms with Crippen LogP contribution in [0.5, 0.6) is 0 Å². The minimum absolute atomic E-state index is 0.156. The second-order valence-corrected chi connectivity index (χ2v) is 7.32. The van der Waals surface area contributed by atoms with E-state index < -0.39 is 10.0 Å². The molecule has 5 nitrogen and oxygen atoms in total. The summed E-state index contributed by atoms with van der Waals surface area (Å²) < 4.78 is 26.7. The fourth-order valence-corrected chi connectivity index (χ4v) is 3.59. The van der Waals surface area contributed by atoms with Crippen molar-refractivity contribution < 1.29 is 13.2 Å². The largest absolute Gasteiger partial charge is 0.343 e. The number of amides is 1. The first kappa shape index (κ1) is 16.3. The number of hydrogen-bond donors (Lipinski definition) is 1. The van der Waals surface area contributed by atoms with Gasteiger partial charge in [0.15, 0.2) is 0 Å². The van der Waals surface area contributed by atoms with Crippen LogP contribution in [0.25, 0.3) is 0 Å². The summed E-state index contributed by atoms with van der Waals surface area (Å²) in [6.07, 6.45) is 2.10. The lowest BCUT2D eigenvalue weighted by atomic mass is 10.2. The molecule has 21 heavy (non-hydrogen) atoms. The number of nitrogens with zero attached hydrogens (tertiary/aromatic N) is 1. The summed E-state index contributed by atoms with van der Waals surface area (Å²) in [5, 5.41) is 0.431. The van der Waals surface area contributed by atoms with Gasteiger partial charge in [-0.15, -0.1) is 0 Å². The van der Waals surface area contributed by atoms with Crippen LogP contribution in [0.2, 0.25) is 5.02 Å². The van der Waals surface area contributed by atoms with Gasteiger partial charge in [-0.3, -0.25) is 4.79 Å². The van der Waals surface area contributed by atoms with E-state index in [-0.39, 0.29) is 10.8 Å². The maximum atomic E-state index is 12.1. The van der Waals surface area contributed by atoms with Gasteiger partial charge in [-0.05, 0) is 37.5 Å². The molecule has 1 aliphatic rings. The number of halogens is 1. The number of sulfonamides is 1. The molecule has 0 unspecified atom stereocenters. The number of nitrogens with one attached hydrogen (secondary N) is 1. The Kier molecular flexibility index (Phi) is 5.24. The number of carbonyl (C=O) groups is 1. The molecule has 1 heterocycles. The third kappa shape index (κ3) is 4.18. The maximum Gasteiger partial charge on any atom is 0.240 e. The van der Waals surface area contributed by atoms with E-state index in [2.05, 4.69) is 4.72 Å². The van der Waals surface area contributed by atoms with E-state index in [1.165, 1.54) is 12.1 Å². The first-order chi connectivity index (χ1) is 9.90. The topological polar surface area (TPSA) is 66.5 Å². The Morgan fingerprint density at radius 3 is 2.76 bits per heavy atom. The number of aryl methyl sites for hydroxylation is 1. The molecule has 7 heteroatoms. The van der Waals surface area contributed by atoms with Gasteiger partial charge < -0.3 is 4.90 Å². The molecule has 1 amide bonds. The van der Waals surface area contributed by atoms with E-state index in [0.29, 0.717) is 31.0 Å². The molecular formula is C14H19ClN2O3S. The van der Waals surface area contributed by atoms with E-state index in [4.69, 9.17) is 11.6 Å². The van der Waals surface area contributed by atoms with Gasteiger partial charge in [-0.25, -0.2) is 13.1 Å². The van der Waals surface area contributed by atoms with E-state index >= 15 is 0 Å². The van der Waals surface area contributed by atoms with Gasteiger partial charge >= 0.3 is 0 Å². The number of rotatable bonds is 6. The molecule has 1 N–H and O–H groups in total. The number of benzene rings is 1. The smallest absolute Gasteiger partial charge is 0.240 e. The summed E-state index contributed by atoms with van der Waals surface area (Å²) in [6, 6.07) is 4.66. The van der Waals surface area contributed by atoms with Crippen LogP contribution in [0.15, 0.2) is 23.1 Å². The average Bonchev–Trinajstić information content (AvgIpc) is 2.83. The Balaban J connectivity index is 1.86. The molecule has 116 valence electrons. The molecule has 0 bridgehead atoms. The van der Waals surface area contributed by atoms with Crippen LogP contribution in [0, 0.1) is 6.92 Å². The highest BCUT2D eigenvalue weighted by molar-refractivity contribution is 7.89. The standard InChI is InChI=1S/C14H19ClN2O3S/c1-11-5-6-12(10-13(11)15)21(19,20)16-7-3-9-17-8-2-4-14(17)18/h5-6,10,16H,2-4,7-9H2,1H3. The van der Waals surface area contributed by atoms with Crippen LogP contribution in [-0.2, 0) is 14.8 Å². The fourth-order valence-electron chi connectivity index (χ4n) is 2.24. The van der Waals surface area contributed by atoms with Crippen molar-refractivity contribution in [2.24, 2.45) is 0 Å². The Labute approximate surface area is 130 Å². The quantitative estimate of drug-likeness (QED) is 0.811. The van der Waals surface area contributed by atoms with Gasteiger partial charge in [-0.1, -0.05) is 17.7 Å². The number of carbonyl (C=O) groups excluding carboxylic acids is 1. The molecule has 1 saturated heterocycles. The lowest BCUT2D eigenvalue weighted by Gasteiger charge is -2.15. The average molecular weight is 331 g/mol. The Hall–Kier alpha value is -1.11. The molecule has 0 radical (unpaired) electrons. The van der Waals surface area contributed by atoms with E-state index in [0.717, 1.165) is 18.5 Å². The monoisotopic (exact) mass is 330 g/mol. The normalized spacial score (nSPS) is 15.7. The van der Waals surface area contributed by atoms with Gasteiger partial charge in [0, 0.05) is 31.1 Å². The lowest BCUT2D eigenvalue weighted by Crippen LogP contribution is -2.30. The minimum atomic E-state index is -3.55. The molecule has 1 aliphatic heterocycles. The van der Waals surface area contributed by atoms with Gasteiger partial charge in [-0.2, -0.15) is 0 Å². The van der Waals surface area contributed by atoms with Crippen molar-refractivity contribution in [1.82, 2.24) is 9.62 Å². The van der Waals surface area contributed by atoms with Crippen LogP contribution >= 0.6 is 11.6 Å². The van der Waals surface area contributed by atoms with Crippen molar-refractivity contribution in [2.75, 3.05) is 19.6 Å². The highest BCUT2D eigenvalue weighted by Crippen LogP contribution is 2.19. The van der Waals surface area contributed by atoms with Crippen molar-refractivity contribution in [3.05, 3.63) is 28.8 Å². The second-order valence-electron chi connectivity index (χ2n) is 5.15. The first-order valence-electron chi connectivity index (χ1n) is 6.94. The summed E-state index contributed by atoms with van der Waals surface area (Å²) in [5.74, 6) is 0.156. The molecule has 0 atom stereocenters. The van der Waals surface area contributed by atoms with Crippen LogP contribution in [0.1, 0.15) is 24.8 Å². The predicted molar refractivity (Wildman–Crippen MR) is 81.8 cm³/mol. The zero-order valence-electron chi connectivity index (χ0n) is 11.9. The minimum Gasteiger partial charge on any atom is -0.343 e. The van der Waals surface area contributed by atoms with Crippen molar-refractivity contribution in [2.45, 2.75) is 31.1 Å². The van der Waals surface area contributed by atoms with Crippen molar-refractivity contribution in [3.8, 4) is 0 Å². The van der Waals surface area contributed by atoms with E-state index in [9.17, 15) is 13.2 Å². The molecule has 0 aliphatic carbocycles. The number of hydrogen-bond acceptors (Lipinski definition) is 3. The van der Waals surface area contributed by atoms with Gasteiger partial charge in [0.05, 0.1) is 4.90 Å².